The molecule has 1 aliphatic carbocycles. The molecule has 2 heterocycles. The van der Waals surface area contributed by atoms with Crippen molar-refractivity contribution in [2.75, 3.05) is 32.7 Å². The number of carbonyl (C=O) groups excluding carboxylic acids is 1. The van der Waals surface area contributed by atoms with E-state index >= 15 is 0 Å². The first kappa shape index (κ1) is 17.2. The van der Waals surface area contributed by atoms with E-state index in [4.69, 9.17) is 0 Å². The first-order chi connectivity index (χ1) is 11.1. The summed E-state index contributed by atoms with van der Waals surface area (Å²) in [7, 11) is 0. The molecule has 132 valence electrons. The second kappa shape index (κ2) is 7.52. The minimum atomic E-state index is -1.13. The Hall–Kier alpha value is -0.610. The van der Waals surface area contributed by atoms with Gasteiger partial charge in [-0.3, -0.25) is 9.69 Å². The molecule has 2 aliphatic heterocycles. The van der Waals surface area contributed by atoms with Crippen LogP contribution in [0.1, 0.15) is 64.7 Å². The highest BCUT2D eigenvalue weighted by Gasteiger charge is 2.44. The quantitative estimate of drug-likeness (QED) is 0.865. The van der Waals surface area contributed by atoms with E-state index < -0.39 is 5.60 Å². The summed E-state index contributed by atoms with van der Waals surface area (Å²) in [5.41, 5.74) is -1.13. The summed E-state index contributed by atoms with van der Waals surface area (Å²) >= 11 is 0. The minimum Gasteiger partial charge on any atom is -0.379 e. The van der Waals surface area contributed by atoms with E-state index in [-0.39, 0.29) is 5.91 Å². The Morgan fingerprint density at radius 1 is 1.04 bits per heavy atom. The maximum atomic E-state index is 12.9. The van der Waals surface area contributed by atoms with Crippen molar-refractivity contribution in [3.05, 3.63) is 0 Å². The van der Waals surface area contributed by atoms with E-state index in [2.05, 4.69) is 11.8 Å². The Kier molecular flexibility index (Phi) is 5.63. The Bertz CT molecular complexity index is 400. The molecule has 1 unspecified atom stereocenters. The highest BCUT2D eigenvalue weighted by atomic mass is 16.3. The third-order valence-corrected chi connectivity index (χ3v) is 6.27. The third-order valence-electron chi connectivity index (χ3n) is 6.27. The van der Waals surface area contributed by atoms with E-state index in [0.29, 0.717) is 18.9 Å². The highest BCUT2D eigenvalue weighted by Crippen LogP contribution is 2.30. The molecule has 3 aliphatic rings. The van der Waals surface area contributed by atoms with Crippen molar-refractivity contribution in [1.29, 1.82) is 0 Å². The molecule has 1 atom stereocenters. The second-order valence-electron chi connectivity index (χ2n) is 8.35. The number of nitrogens with zero attached hydrogens (tertiary/aromatic N) is 2. The topological polar surface area (TPSA) is 43.8 Å². The molecule has 0 spiro atoms. The molecule has 1 amide bonds. The van der Waals surface area contributed by atoms with Crippen molar-refractivity contribution in [2.24, 2.45) is 11.8 Å². The Balaban J connectivity index is 1.56. The Morgan fingerprint density at radius 2 is 1.74 bits per heavy atom. The third kappa shape index (κ3) is 4.27. The number of hydrogen-bond acceptors (Lipinski definition) is 3. The van der Waals surface area contributed by atoms with Gasteiger partial charge in [-0.1, -0.05) is 26.2 Å². The molecule has 0 aromatic heterocycles. The van der Waals surface area contributed by atoms with Gasteiger partial charge in [0.25, 0.3) is 5.91 Å². The lowest BCUT2D eigenvalue weighted by Crippen LogP contribution is -2.59. The highest BCUT2D eigenvalue weighted by molar-refractivity contribution is 5.86. The fraction of sp³-hybridized carbons (Fsp3) is 0.947. The molecule has 2 saturated heterocycles. The van der Waals surface area contributed by atoms with E-state index in [1.54, 1.807) is 0 Å². The van der Waals surface area contributed by atoms with Crippen molar-refractivity contribution in [2.45, 2.75) is 70.3 Å². The van der Waals surface area contributed by atoms with Crippen LogP contribution in [0.2, 0.25) is 0 Å². The van der Waals surface area contributed by atoms with E-state index in [1.807, 2.05) is 4.90 Å². The number of aliphatic hydroxyl groups is 1. The molecule has 23 heavy (non-hydrogen) atoms. The fourth-order valence-electron chi connectivity index (χ4n) is 4.66. The van der Waals surface area contributed by atoms with Crippen molar-refractivity contribution < 1.29 is 9.90 Å². The van der Waals surface area contributed by atoms with Crippen LogP contribution < -0.4 is 0 Å². The van der Waals surface area contributed by atoms with Crippen LogP contribution in [0.25, 0.3) is 0 Å². The van der Waals surface area contributed by atoms with Gasteiger partial charge in [-0.15, -0.1) is 0 Å². The maximum absolute atomic E-state index is 12.9. The van der Waals surface area contributed by atoms with Crippen LogP contribution in [0.4, 0.5) is 0 Å². The largest absolute Gasteiger partial charge is 0.379 e. The number of rotatable bonds is 4. The summed E-state index contributed by atoms with van der Waals surface area (Å²) in [5.74, 6) is 1.45. The molecule has 3 fully saturated rings. The van der Waals surface area contributed by atoms with Gasteiger partial charge in [-0.25, -0.2) is 0 Å². The lowest BCUT2D eigenvalue weighted by Gasteiger charge is -2.43. The molecule has 0 aromatic rings. The van der Waals surface area contributed by atoms with Gasteiger partial charge in [0.05, 0.1) is 0 Å². The predicted molar refractivity (Wildman–Crippen MR) is 92.2 cm³/mol. The van der Waals surface area contributed by atoms with Gasteiger partial charge in [-0.05, 0) is 63.5 Å². The van der Waals surface area contributed by atoms with Gasteiger partial charge >= 0.3 is 0 Å². The summed E-state index contributed by atoms with van der Waals surface area (Å²) in [6, 6.07) is 0. The van der Waals surface area contributed by atoms with Crippen LogP contribution in [0.15, 0.2) is 0 Å². The van der Waals surface area contributed by atoms with Gasteiger partial charge in [-0.2, -0.15) is 0 Å². The van der Waals surface area contributed by atoms with Crippen LogP contribution in [0, 0.1) is 11.8 Å². The smallest absolute Gasteiger partial charge is 0.255 e. The lowest BCUT2D eigenvalue weighted by atomic mass is 9.86. The van der Waals surface area contributed by atoms with Gasteiger partial charge < -0.3 is 10.0 Å². The average molecular weight is 322 g/mol. The van der Waals surface area contributed by atoms with Crippen LogP contribution in [0.5, 0.6) is 0 Å². The van der Waals surface area contributed by atoms with Crippen molar-refractivity contribution >= 4 is 5.91 Å². The monoisotopic (exact) mass is 322 g/mol. The predicted octanol–water partition coefficient (Wildman–Crippen LogP) is 2.65. The van der Waals surface area contributed by atoms with Gasteiger partial charge in [0, 0.05) is 19.6 Å². The van der Waals surface area contributed by atoms with Crippen molar-refractivity contribution in [3.63, 3.8) is 0 Å². The number of piperidine rings is 2. The summed E-state index contributed by atoms with van der Waals surface area (Å²) in [5, 5.41) is 11.0. The van der Waals surface area contributed by atoms with Crippen LogP contribution in [-0.2, 0) is 4.79 Å². The van der Waals surface area contributed by atoms with Crippen molar-refractivity contribution in [1.82, 2.24) is 9.80 Å². The Labute approximate surface area is 141 Å². The number of likely N-dealkylation sites (tertiary alicyclic amines) is 2. The molecule has 1 saturated carbocycles. The minimum absolute atomic E-state index is 0.00736. The van der Waals surface area contributed by atoms with E-state index in [0.717, 1.165) is 38.5 Å². The summed E-state index contributed by atoms with van der Waals surface area (Å²) in [4.78, 5) is 17.2. The van der Waals surface area contributed by atoms with E-state index in [1.165, 1.54) is 44.9 Å². The number of carbonyl (C=O) groups is 1. The normalized spacial score (nSPS) is 32.4. The van der Waals surface area contributed by atoms with Gasteiger partial charge in [0.2, 0.25) is 0 Å². The molecule has 4 nitrogen and oxygen atoms in total. The van der Waals surface area contributed by atoms with Crippen molar-refractivity contribution in [3.8, 4) is 0 Å². The molecule has 0 radical (unpaired) electrons. The number of hydrogen-bond donors (Lipinski definition) is 1. The summed E-state index contributed by atoms with van der Waals surface area (Å²) in [6.45, 7) is 6.61. The average Bonchev–Trinajstić information content (AvgIpc) is 2.55. The molecule has 4 heteroatoms. The first-order valence-electron chi connectivity index (χ1n) is 9.81. The molecule has 0 bridgehead atoms. The van der Waals surface area contributed by atoms with Gasteiger partial charge in [0.1, 0.15) is 0 Å². The maximum Gasteiger partial charge on any atom is 0.255 e. The summed E-state index contributed by atoms with van der Waals surface area (Å²) in [6.07, 6.45) is 10.4. The van der Waals surface area contributed by atoms with Crippen LogP contribution in [-0.4, -0.2) is 59.1 Å². The van der Waals surface area contributed by atoms with Crippen LogP contribution in [0.3, 0.4) is 0 Å². The second-order valence-corrected chi connectivity index (χ2v) is 8.35. The van der Waals surface area contributed by atoms with Crippen LogP contribution >= 0.6 is 0 Å². The first-order valence-corrected chi connectivity index (χ1v) is 9.81. The summed E-state index contributed by atoms with van der Waals surface area (Å²) < 4.78 is 0. The molecule has 1 N–H and O–H groups in total. The van der Waals surface area contributed by atoms with Gasteiger partial charge in [0.15, 0.2) is 5.60 Å². The number of amides is 1. The number of β-amino-alcohol motifs (C(OH)–C–C–N with tert-alkyl or cyclic N) is 1. The molecule has 3 rings (SSSR count). The molecular weight excluding hydrogens is 288 g/mol. The van der Waals surface area contributed by atoms with E-state index in [9.17, 15) is 9.90 Å². The molecule has 0 aromatic carbocycles. The molecular formula is C19H34N2O2. The zero-order chi connectivity index (χ0) is 16.3. The standard InChI is InChI=1S/C19H34N2O2/c1-16-8-12-20(13-9-16)15-19(23)10-5-11-21(18(19)22)14-17-6-3-2-4-7-17/h16-17,23H,2-15H2,1H3. The zero-order valence-electron chi connectivity index (χ0n) is 14.8. The fourth-order valence-corrected chi connectivity index (χ4v) is 4.66. The zero-order valence-corrected chi connectivity index (χ0v) is 14.8. The lowest BCUT2D eigenvalue weighted by molar-refractivity contribution is -0.160. The Morgan fingerprint density at radius 3 is 2.43 bits per heavy atom. The SMILES string of the molecule is CC1CCN(CC2(O)CCCN(CC3CCCCC3)C2=O)CC1.